The Morgan fingerprint density at radius 2 is 1.23 bits per heavy atom. The molecule has 0 aliphatic heterocycles. The van der Waals surface area contributed by atoms with Crippen LogP contribution in [0.15, 0.2) is 36.4 Å². The lowest BCUT2D eigenvalue weighted by Gasteiger charge is -2.20. The smallest absolute Gasteiger partial charge is 0.419 e. The van der Waals surface area contributed by atoms with Gasteiger partial charge in [0.2, 0.25) is 0 Å². The summed E-state index contributed by atoms with van der Waals surface area (Å²) in [6.45, 7) is 5.81. The monoisotopic (exact) mass is 403 g/mol. The van der Waals surface area contributed by atoms with Gasteiger partial charge in [-0.1, -0.05) is 49.9 Å². The molecule has 2 aliphatic carbocycles. The lowest BCUT2D eigenvalue weighted by molar-refractivity contribution is 0.0551. The molecule has 1 heterocycles. The van der Waals surface area contributed by atoms with E-state index >= 15 is 0 Å². The Bertz CT molecular complexity index is 1020. The molecule has 0 unspecified atom stereocenters. The van der Waals surface area contributed by atoms with E-state index in [1.165, 1.54) is 62.5 Å². The van der Waals surface area contributed by atoms with Crippen LogP contribution in [0.2, 0.25) is 0 Å². The van der Waals surface area contributed by atoms with Gasteiger partial charge in [0, 0.05) is 10.8 Å². The fourth-order valence-electron chi connectivity index (χ4n) is 5.58. The number of hydrogen-bond donors (Lipinski definition) is 0. The number of carbonyl (C=O) groups excluding carboxylic acids is 1. The van der Waals surface area contributed by atoms with Gasteiger partial charge in [-0.15, -0.1) is 0 Å². The van der Waals surface area contributed by atoms with Crippen LogP contribution >= 0.6 is 0 Å². The van der Waals surface area contributed by atoms with Crippen LogP contribution in [0, 0.1) is 0 Å². The van der Waals surface area contributed by atoms with Crippen LogP contribution in [0.4, 0.5) is 4.79 Å². The van der Waals surface area contributed by atoms with Crippen LogP contribution in [0.1, 0.15) is 95.1 Å². The number of nitrogens with zero attached hydrogens (tertiary/aromatic N) is 1. The van der Waals surface area contributed by atoms with Crippen LogP contribution in [-0.2, 0) is 4.74 Å². The largest absolute Gasteiger partial charge is 0.443 e. The molecule has 0 amide bonds. The minimum absolute atomic E-state index is 0.269. The Morgan fingerprint density at radius 3 is 1.63 bits per heavy atom. The Balaban J connectivity index is 1.70. The number of carbonyl (C=O) groups is 1. The van der Waals surface area contributed by atoms with Crippen molar-refractivity contribution in [2.75, 3.05) is 0 Å². The van der Waals surface area contributed by atoms with Gasteiger partial charge >= 0.3 is 6.09 Å². The van der Waals surface area contributed by atoms with Crippen LogP contribution in [0.3, 0.4) is 0 Å². The number of ether oxygens (including phenoxy) is 1. The van der Waals surface area contributed by atoms with Gasteiger partial charge < -0.3 is 4.74 Å². The fraction of sp³-hybridized carbons (Fsp3) is 0.519. The summed E-state index contributed by atoms with van der Waals surface area (Å²) < 4.78 is 7.69. The van der Waals surface area contributed by atoms with Crippen molar-refractivity contribution in [3.05, 3.63) is 47.5 Å². The predicted molar refractivity (Wildman–Crippen MR) is 123 cm³/mol. The van der Waals surface area contributed by atoms with Crippen molar-refractivity contribution in [1.82, 2.24) is 4.57 Å². The van der Waals surface area contributed by atoms with E-state index in [1.54, 1.807) is 0 Å². The molecular weight excluding hydrogens is 370 g/mol. The molecule has 3 nitrogen and oxygen atoms in total. The van der Waals surface area contributed by atoms with Crippen LogP contribution < -0.4 is 0 Å². The van der Waals surface area contributed by atoms with Gasteiger partial charge in [0.05, 0.1) is 11.0 Å². The first-order chi connectivity index (χ1) is 14.4. The zero-order valence-electron chi connectivity index (χ0n) is 18.5. The minimum Gasteiger partial charge on any atom is -0.443 e. The molecule has 158 valence electrons. The number of hydrogen-bond acceptors (Lipinski definition) is 2. The van der Waals surface area contributed by atoms with E-state index in [4.69, 9.17) is 4.74 Å². The molecule has 1 aromatic heterocycles. The van der Waals surface area contributed by atoms with E-state index < -0.39 is 5.60 Å². The molecule has 3 aromatic rings. The topological polar surface area (TPSA) is 31.2 Å². The van der Waals surface area contributed by atoms with Crippen molar-refractivity contribution >= 4 is 27.9 Å². The molecule has 2 fully saturated rings. The SMILES string of the molecule is CC(C)(C)OC(=O)n1c2cc(C3CCCC3)ccc2c2ccc(C3CCCC3)cc21. The first kappa shape index (κ1) is 19.7. The molecule has 2 aromatic carbocycles. The normalized spacial score (nSPS) is 18.6. The summed E-state index contributed by atoms with van der Waals surface area (Å²) in [7, 11) is 0. The summed E-state index contributed by atoms with van der Waals surface area (Å²) in [4.78, 5) is 13.4. The Labute approximate surface area is 179 Å². The number of rotatable bonds is 2. The third-order valence-corrected chi connectivity index (χ3v) is 7.04. The van der Waals surface area contributed by atoms with Crippen LogP contribution in [0.25, 0.3) is 21.8 Å². The van der Waals surface area contributed by atoms with Crippen LogP contribution in [-0.4, -0.2) is 16.3 Å². The van der Waals surface area contributed by atoms with E-state index in [1.807, 2.05) is 25.3 Å². The van der Waals surface area contributed by atoms with Crippen molar-refractivity contribution in [3.8, 4) is 0 Å². The minimum atomic E-state index is -0.522. The summed E-state index contributed by atoms with van der Waals surface area (Å²) in [6, 6.07) is 13.5. The maximum Gasteiger partial charge on any atom is 0.419 e. The van der Waals surface area contributed by atoms with Gasteiger partial charge in [0.25, 0.3) is 0 Å². The average Bonchev–Trinajstić information content (AvgIpc) is 3.44. The first-order valence-corrected chi connectivity index (χ1v) is 11.7. The number of benzene rings is 2. The molecule has 0 atom stereocenters. The molecule has 0 bridgehead atoms. The molecular formula is C27H33NO2. The molecule has 2 saturated carbocycles. The van der Waals surface area contributed by atoms with Crippen molar-refractivity contribution < 1.29 is 9.53 Å². The van der Waals surface area contributed by atoms with E-state index in [0.29, 0.717) is 11.8 Å². The standard InChI is InChI=1S/C27H33NO2/c1-27(2,3)30-26(29)28-24-16-20(18-8-4-5-9-18)12-14-22(24)23-15-13-21(17-25(23)28)19-10-6-7-11-19/h12-19H,4-11H2,1-3H3. The quantitative estimate of drug-likeness (QED) is 0.435. The van der Waals surface area contributed by atoms with Crippen molar-refractivity contribution in [2.24, 2.45) is 0 Å². The van der Waals surface area contributed by atoms with Crippen molar-refractivity contribution in [2.45, 2.75) is 89.6 Å². The summed E-state index contributed by atoms with van der Waals surface area (Å²) in [5.41, 5.74) is 4.19. The summed E-state index contributed by atoms with van der Waals surface area (Å²) in [6.07, 6.45) is 9.98. The first-order valence-electron chi connectivity index (χ1n) is 11.7. The highest BCUT2D eigenvalue weighted by molar-refractivity contribution is 6.12. The van der Waals surface area contributed by atoms with Crippen LogP contribution in [0.5, 0.6) is 0 Å². The summed E-state index contributed by atoms with van der Waals surface area (Å²) >= 11 is 0. The second kappa shape index (κ2) is 7.44. The van der Waals surface area contributed by atoms with E-state index in [2.05, 4.69) is 36.4 Å². The zero-order chi connectivity index (χ0) is 20.9. The zero-order valence-corrected chi connectivity index (χ0v) is 18.5. The highest BCUT2D eigenvalue weighted by Crippen LogP contribution is 2.40. The lowest BCUT2D eigenvalue weighted by atomic mass is 9.95. The van der Waals surface area contributed by atoms with Gasteiger partial charge in [0.15, 0.2) is 0 Å². The second-order valence-corrected chi connectivity index (χ2v) is 10.3. The van der Waals surface area contributed by atoms with Crippen molar-refractivity contribution in [3.63, 3.8) is 0 Å². The molecule has 0 radical (unpaired) electrons. The summed E-state index contributed by atoms with van der Waals surface area (Å²) in [5.74, 6) is 1.24. The molecule has 3 heteroatoms. The third kappa shape index (κ3) is 3.53. The predicted octanol–water partition coefficient (Wildman–Crippen LogP) is 7.89. The van der Waals surface area contributed by atoms with E-state index in [0.717, 1.165) is 21.8 Å². The molecule has 2 aliphatic rings. The maximum atomic E-state index is 13.4. The third-order valence-electron chi connectivity index (χ3n) is 7.04. The number of fused-ring (bicyclic) bond motifs is 3. The molecule has 30 heavy (non-hydrogen) atoms. The molecule has 5 rings (SSSR count). The Morgan fingerprint density at radius 1 is 0.800 bits per heavy atom. The van der Waals surface area contributed by atoms with E-state index in [9.17, 15) is 4.79 Å². The average molecular weight is 404 g/mol. The van der Waals surface area contributed by atoms with Crippen molar-refractivity contribution in [1.29, 1.82) is 0 Å². The van der Waals surface area contributed by atoms with Gasteiger partial charge in [-0.2, -0.15) is 0 Å². The molecule has 0 saturated heterocycles. The number of aromatic nitrogens is 1. The maximum absolute atomic E-state index is 13.4. The Kier molecular flexibility index (Phi) is 4.88. The fourth-order valence-corrected chi connectivity index (χ4v) is 5.58. The highest BCUT2D eigenvalue weighted by Gasteiger charge is 2.25. The molecule has 0 spiro atoms. The summed E-state index contributed by atoms with van der Waals surface area (Å²) in [5, 5.41) is 2.30. The Hall–Kier alpha value is -2.29. The van der Waals surface area contributed by atoms with Gasteiger partial charge in [-0.05, 0) is 81.5 Å². The van der Waals surface area contributed by atoms with Gasteiger partial charge in [-0.3, -0.25) is 0 Å². The second-order valence-electron chi connectivity index (χ2n) is 10.3. The van der Waals surface area contributed by atoms with E-state index in [-0.39, 0.29) is 6.09 Å². The molecule has 0 N–H and O–H groups in total. The van der Waals surface area contributed by atoms with Gasteiger partial charge in [-0.25, -0.2) is 9.36 Å². The highest BCUT2D eigenvalue weighted by atomic mass is 16.6. The lowest BCUT2D eigenvalue weighted by Crippen LogP contribution is -2.27. The van der Waals surface area contributed by atoms with Gasteiger partial charge in [0.1, 0.15) is 5.60 Å².